The fourth-order valence-corrected chi connectivity index (χ4v) is 2.42. The van der Waals surface area contributed by atoms with Crippen LogP contribution in [0.4, 0.5) is 5.69 Å². The minimum absolute atomic E-state index is 0.0307. The van der Waals surface area contributed by atoms with Gasteiger partial charge >= 0.3 is 0 Å². The molecule has 2 aromatic rings. The van der Waals surface area contributed by atoms with Crippen molar-refractivity contribution in [3.8, 4) is 5.75 Å². The van der Waals surface area contributed by atoms with Crippen LogP contribution in [-0.4, -0.2) is 0 Å². The zero-order chi connectivity index (χ0) is 15.6. The third-order valence-corrected chi connectivity index (χ3v) is 3.67. The molecule has 2 rings (SSSR count). The van der Waals surface area contributed by atoms with Gasteiger partial charge in [-0.2, -0.15) is 0 Å². The second kappa shape index (κ2) is 5.98. The van der Waals surface area contributed by atoms with Crippen molar-refractivity contribution in [2.75, 3.05) is 5.73 Å². The highest BCUT2D eigenvalue weighted by Crippen LogP contribution is 2.33. The van der Waals surface area contributed by atoms with Crippen molar-refractivity contribution in [1.29, 1.82) is 0 Å². The number of ether oxygens (including phenoxy) is 1. The van der Waals surface area contributed by atoms with Gasteiger partial charge in [-0.3, -0.25) is 0 Å². The van der Waals surface area contributed by atoms with Crippen LogP contribution < -0.4 is 10.5 Å². The Bertz CT molecular complexity index is 644. The molecule has 0 unspecified atom stereocenters. The van der Waals surface area contributed by atoms with Crippen molar-refractivity contribution >= 4 is 17.3 Å². The molecule has 0 atom stereocenters. The van der Waals surface area contributed by atoms with Crippen LogP contribution >= 0.6 is 11.6 Å². The normalized spacial score (nSPS) is 11.5. The Morgan fingerprint density at radius 2 is 1.81 bits per heavy atom. The number of aryl methyl sites for hydroxylation is 1. The molecule has 0 aliphatic carbocycles. The molecule has 112 valence electrons. The molecule has 2 N–H and O–H groups in total. The average Bonchev–Trinajstić information content (AvgIpc) is 2.38. The van der Waals surface area contributed by atoms with Crippen molar-refractivity contribution in [2.45, 2.75) is 39.7 Å². The van der Waals surface area contributed by atoms with Crippen LogP contribution in [0.5, 0.6) is 5.75 Å². The Balaban J connectivity index is 2.27. The molecular weight excluding hydrogens is 282 g/mol. The summed E-state index contributed by atoms with van der Waals surface area (Å²) in [5.41, 5.74) is 9.97. The monoisotopic (exact) mass is 303 g/mol. The maximum Gasteiger partial charge on any atom is 0.123 e. The van der Waals surface area contributed by atoms with E-state index in [-0.39, 0.29) is 5.41 Å². The topological polar surface area (TPSA) is 35.2 Å². The van der Waals surface area contributed by atoms with Gasteiger partial charge in [0, 0.05) is 16.3 Å². The molecule has 0 spiro atoms. The zero-order valence-electron chi connectivity index (χ0n) is 13.0. The summed E-state index contributed by atoms with van der Waals surface area (Å²) >= 11 is 6.02. The lowest BCUT2D eigenvalue weighted by atomic mass is 9.86. The first-order chi connectivity index (χ1) is 9.77. The smallest absolute Gasteiger partial charge is 0.123 e. The predicted octanol–water partition coefficient (Wildman–Crippen LogP) is 5.11. The molecular formula is C18H22ClNO. The minimum Gasteiger partial charge on any atom is -0.489 e. The summed E-state index contributed by atoms with van der Waals surface area (Å²) in [4.78, 5) is 0. The molecule has 3 heteroatoms. The van der Waals surface area contributed by atoms with Crippen LogP contribution in [0.1, 0.15) is 37.5 Å². The molecule has 2 aromatic carbocycles. The van der Waals surface area contributed by atoms with Crippen molar-refractivity contribution in [3.63, 3.8) is 0 Å². The number of rotatable bonds is 3. The number of anilines is 1. The van der Waals surface area contributed by atoms with E-state index in [9.17, 15) is 0 Å². The van der Waals surface area contributed by atoms with Crippen LogP contribution in [-0.2, 0) is 12.0 Å². The molecule has 2 nitrogen and oxygen atoms in total. The molecule has 0 heterocycles. The first-order valence-corrected chi connectivity index (χ1v) is 7.43. The maximum absolute atomic E-state index is 6.03. The molecule has 0 aliphatic rings. The van der Waals surface area contributed by atoms with Gasteiger partial charge in [0.2, 0.25) is 0 Å². The summed E-state index contributed by atoms with van der Waals surface area (Å²) in [6.45, 7) is 9.01. The van der Waals surface area contributed by atoms with E-state index in [0.29, 0.717) is 17.3 Å². The van der Waals surface area contributed by atoms with Crippen LogP contribution in [0.2, 0.25) is 5.02 Å². The highest BCUT2D eigenvalue weighted by molar-refractivity contribution is 6.30. The van der Waals surface area contributed by atoms with Crippen molar-refractivity contribution in [1.82, 2.24) is 0 Å². The highest BCUT2D eigenvalue weighted by atomic mass is 35.5. The molecule has 0 aliphatic heterocycles. The Labute approximate surface area is 131 Å². The number of nitrogens with two attached hydrogens (primary N) is 1. The van der Waals surface area contributed by atoms with Gasteiger partial charge in [0.15, 0.2) is 0 Å². The molecule has 0 radical (unpaired) electrons. The van der Waals surface area contributed by atoms with Gasteiger partial charge in [-0.15, -0.1) is 0 Å². The molecule has 0 amide bonds. The molecule has 0 saturated carbocycles. The van der Waals surface area contributed by atoms with Gasteiger partial charge in [0.25, 0.3) is 0 Å². The summed E-state index contributed by atoms with van der Waals surface area (Å²) in [5, 5.41) is 0.670. The Kier molecular flexibility index (Phi) is 4.48. The molecule has 0 saturated heterocycles. The minimum atomic E-state index is 0.0307. The largest absolute Gasteiger partial charge is 0.489 e. The van der Waals surface area contributed by atoms with E-state index < -0.39 is 0 Å². The highest BCUT2D eigenvalue weighted by Gasteiger charge is 2.19. The van der Waals surface area contributed by atoms with E-state index in [1.807, 2.05) is 12.1 Å². The fourth-order valence-electron chi connectivity index (χ4n) is 2.22. The molecule has 0 bridgehead atoms. The van der Waals surface area contributed by atoms with Crippen LogP contribution in [0.15, 0.2) is 36.4 Å². The summed E-state index contributed by atoms with van der Waals surface area (Å²) < 4.78 is 6.03. The lowest BCUT2D eigenvalue weighted by Gasteiger charge is -2.23. The van der Waals surface area contributed by atoms with Gasteiger partial charge in [-0.25, -0.2) is 0 Å². The average molecular weight is 304 g/mol. The lowest BCUT2D eigenvalue weighted by Crippen LogP contribution is -2.13. The van der Waals surface area contributed by atoms with E-state index in [1.165, 1.54) is 11.1 Å². The number of hydrogen-bond donors (Lipinski definition) is 1. The standard InChI is InChI=1S/C18H22ClNO/c1-12-5-7-15(18(2,3)4)17(9-12)21-11-13-10-14(19)6-8-16(13)20/h5-10H,11,20H2,1-4H3. The fraction of sp³-hybridized carbons (Fsp3) is 0.333. The SMILES string of the molecule is Cc1ccc(C(C)(C)C)c(OCc2cc(Cl)ccc2N)c1. The Morgan fingerprint density at radius 1 is 1.10 bits per heavy atom. The third kappa shape index (κ3) is 3.92. The summed E-state index contributed by atoms with van der Waals surface area (Å²) in [6.07, 6.45) is 0. The molecule has 0 aromatic heterocycles. The molecule has 0 fully saturated rings. The van der Waals surface area contributed by atoms with Gasteiger partial charge < -0.3 is 10.5 Å². The Morgan fingerprint density at radius 3 is 2.48 bits per heavy atom. The van der Waals surface area contributed by atoms with Crippen molar-refractivity contribution in [2.24, 2.45) is 0 Å². The van der Waals surface area contributed by atoms with Crippen molar-refractivity contribution in [3.05, 3.63) is 58.1 Å². The van der Waals surface area contributed by atoms with E-state index in [2.05, 4.69) is 45.9 Å². The van der Waals surface area contributed by atoms with Gasteiger partial charge in [0.1, 0.15) is 12.4 Å². The number of benzene rings is 2. The van der Waals surface area contributed by atoms with Crippen LogP contribution in [0.3, 0.4) is 0 Å². The van der Waals surface area contributed by atoms with E-state index in [4.69, 9.17) is 22.1 Å². The van der Waals surface area contributed by atoms with Crippen LogP contribution in [0, 0.1) is 6.92 Å². The van der Waals surface area contributed by atoms with E-state index in [1.54, 1.807) is 6.07 Å². The summed E-state index contributed by atoms with van der Waals surface area (Å²) in [6, 6.07) is 11.8. The van der Waals surface area contributed by atoms with E-state index in [0.717, 1.165) is 11.3 Å². The summed E-state index contributed by atoms with van der Waals surface area (Å²) in [7, 11) is 0. The van der Waals surface area contributed by atoms with Gasteiger partial charge in [-0.05, 0) is 47.7 Å². The quantitative estimate of drug-likeness (QED) is 0.800. The van der Waals surface area contributed by atoms with E-state index >= 15 is 0 Å². The Hall–Kier alpha value is -1.67. The number of nitrogen functional groups attached to an aromatic ring is 1. The third-order valence-electron chi connectivity index (χ3n) is 3.43. The second-order valence-electron chi connectivity index (χ2n) is 6.38. The first-order valence-electron chi connectivity index (χ1n) is 7.05. The maximum atomic E-state index is 6.03. The van der Waals surface area contributed by atoms with Crippen molar-refractivity contribution < 1.29 is 4.74 Å². The predicted molar refractivity (Wildman–Crippen MR) is 90.1 cm³/mol. The zero-order valence-corrected chi connectivity index (χ0v) is 13.8. The first kappa shape index (κ1) is 15.7. The number of halogens is 1. The van der Waals surface area contributed by atoms with Gasteiger partial charge in [0.05, 0.1) is 0 Å². The summed E-state index contributed by atoms with van der Waals surface area (Å²) in [5.74, 6) is 0.905. The number of hydrogen-bond acceptors (Lipinski definition) is 2. The second-order valence-corrected chi connectivity index (χ2v) is 6.82. The lowest BCUT2D eigenvalue weighted by molar-refractivity contribution is 0.298. The van der Waals surface area contributed by atoms with Gasteiger partial charge in [-0.1, -0.05) is 44.5 Å². The van der Waals surface area contributed by atoms with Crippen LogP contribution in [0.25, 0.3) is 0 Å². The molecule has 21 heavy (non-hydrogen) atoms.